The molecule has 2 fully saturated rings. The van der Waals surface area contributed by atoms with Crippen LogP contribution in [0.4, 0.5) is 4.39 Å². The lowest BCUT2D eigenvalue weighted by Gasteiger charge is -2.30. The first-order valence-electron chi connectivity index (χ1n) is 5.52. The molecule has 0 aromatic carbocycles. The second-order valence-corrected chi connectivity index (χ2v) is 4.80. The molecular weight excluding hydrogens is 181 g/mol. The van der Waals surface area contributed by atoms with Gasteiger partial charge in [-0.3, -0.25) is 4.90 Å². The van der Waals surface area contributed by atoms with Gasteiger partial charge in [0.1, 0.15) is 0 Å². The molecule has 14 heavy (non-hydrogen) atoms. The van der Waals surface area contributed by atoms with Gasteiger partial charge in [0.25, 0.3) is 0 Å². The van der Waals surface area contributed by atoms with Gasteiger partial charge >= 0.3 is 0 Å². The van der Waals surface area contributed by atoms with E-state index in [1.165, 1.54) is 0 Å². The lowest BCUT2D eigenvalue weighted by Crippen LogP contribution is -2.32. The first kappa shape index (κ1) is 8.86. The highest BCUT2D eigenvalue weighted by molar-refractivity contribution is 5.32. The fraction of sp³-hybridized carbons (Fsp3) is 0.818. The van der Waals surface area contributed by atoms with Crippen LogP contribution in [0.5, 0.6) is 0 Å². The van der Waals surface area contributed by atoms with Crippen molar-refractivity contribution in [3.8, 4) is 0 Å². The SMILES string of the molecule is O[C@@H]1CCCC([C@]23C=CCN2C3F)C1. The average Bonchev–Trinajstić information content (AvgIpc) is 2.62. The van der Waals surface area contributed by atoms with Crippen molar-refractivity contribution in [1.82, 2.24) is 4.90 Å². The normalized spacial score (nSPS) is 55.9. The molecular formula is C11H16FNO. The van der Waals surface area contributed by atoms with Crippen LogP contribution in [0.3, 0.4) is 0 Å². The Morgan fingerprint density at radius 2 is 2.29 bits per heavy atom. The van der Waals surface area contributed by atoms with Gasteiger partial charge in [-0.2, -0.15) is 0 Å². The Hall–Kier alpha value is -0.410. The Kier molecular flexibility index (Phi) is 1.77. The van der Waals surface area contributed by atoms with Crippen LogP contribution in [0.25, 0.3) is 0 Å². The standard InChI is InChI=1S/C11H16FNO/c12-10-11(5-2-6-13(10)11)8-3-1-4-9(14)7-8/h2,5,8-10,14H,1,3-4,6-7H2/t8?,9-,10?,11+,13?/m1/s1. The van der Waals surface area contributed by atoms with E-state index in [0.29, 0.717) is 5.92 Å². The van der Waals surface area contributed by atoms with Gasteiger partial charge in [0.05, 0.1) is 11.6 Å². The summed E-state index contributed by atoms with van der Waals surface area (Å²) in [4.78, 5) is 1.90. The molecule has 0 bridgehead atoms. The molecule has 2 heterocycles. The van der Waals surface area contributed by atoms with Crippen molar-refractivity contribution < 1.29 is 9.50 Å². The smallest absolute Gasteiger partial charge is 0.177 e. The number of aliphatic hydroxyl groups excluding tert-OH is 1. The van der Waals surface area contributed by atoms with E-state index in [9.17, 15) is 9.50 Å². The summed E-state index contributed by atoms with van der Waals surface area (Å²) in [7, 11) is 0. The number of aliphatic hydroxyl groups is 1. The van der Waals surface area contributed by atoms with E-state index in [2.05, 4.69) is 6.08 Å². The summed E-state index contributed by atoms with van der Waals surface area (Å²) in [5.74, 6) is 0.333. The number of alkyl halides is 1. The molecule has 5 atom stereocenters. The third kappa shape index (κ3) is 0.971. The highest BCUT2D eigenvalue weighted by atomic mass is 19.1. The zero-order chi connectivity index (χ0) is 9.76. The summed E-state index contributed by atoms with van der Waals surface area (Å²) in [6.45, 7) is 0.758. The van der Waals surface area contributed by atoms with Crippen LogP contribution in [0.2, 0.25) is 0 Å². The minimum absolute atomic E-state index is 0.202. The third-order valence-corrected chi connectivity index (χ3v) is 4.07. The number of fused-ring (bicyclic) bond motifs is 1. The summed E-state index contributed by atoms with van der Waals surface area (Å²) >= 11 is 0. The average molecular weight is 197 g/mol. The Morgan fingerprint density at radius 1 is 1.43 bits per heavy atom. The first-order chi connectivity index (χ1) is 6.75. The summed E-state index contributed by atoms with van der Waals surface area (Å²) in [6, 6.07) is 0. The molecule has 2 aliphatic heterocycles. The fourth-order valence-electron chi connectivity index (χ4n) is 3.27. The molecule has 2 nitrogen and oxygen atoms in total. The molecule has 0 radical (unpaired) electrons. The van der Waals surface area contributed by atoms with E-state index in [0.717, 1.165) is 32.2 Å². The van der Waals surface area contributed by atoms with Crippen LogP contribution in [-0.2, 0) is 0 Å². The number of nitrogens with zero attached hydrogens (tertiary/aromatic N) is 1. The van der Waals surface area contributed by atoms with Gasteiger partial charge in [0.15, 0.2) is 6.30 Å². The van der Waals surface area contributed by atoms with Gasteiger partial charge in [-0.1, -0.05) is 18.6 Å². The largest absolute Gasteiger partial charge is 0.393 e. The quantitative estimate of drug-likeness (QED) is 0.391. The minimum Gasteiger partial charge on any atom is -0.393 e. The molecule has 0 amide bonds. The van der Waals surface area contributed by atoms with Crippen LogP contribution < -0.4 is 0 Å². The molecule has 0 spiro atoms. The Balaban J connectivity index is 1.79. The van der Waals surface area contributed by atoms with Gasteiger partial charge in [-0.15, -0.1) is 0 Å². The maximum atomic E-state index is 13.6. The van der Waals surface area contributed by atoms with Crippen molar-refractivity contribution in [2.45, 2.75) is 43.6 Å². The molecule has 1 saturated carbocycles. The van der Waals surface area contributed by atoms with Gasteiger partial charge in [0, 0.05) is 6.54 Å². The predicted octanol–water partition coefficient (Wildman–Crippen LogP) is 1.46. The van der Waals surface area contributed by atoms with Crippen LogP contribution in [0, 0.1) is 5.92 Å². The Morgan fingerprint density at radius 3 is 2.93 bits per heavy atom. The second kappa shape index (κ2) is 2.80. The molecule has 0 aromatic heterocycles. The highest BCUT2D eigenvalue weighted by Gasteiger charge is 2.67. The van der Waals surface area contributed by atoms with Crippen LogP contribution in [-0.4, -0.2) is 34.5 Å². The molecule has 1 N–H and O–H groups in total. The van der Waals surface area contributed by atoms with E-state index in [-0.39, 0.29) is 11.6 Å². The van der Waals surface area contributed by atoms with E-state index >= 15 is 0 Å². The molecule has 78 valence electrons. The molecule has 3 aliphatic rings. The maximum absolute atomic E-state index is 13.6. The number of halogens is 1. The molecule has 1 saturated heterocycles. The van der Waals surface area contributed by atoms with E-state index in [4.69, 9.17) is 0 Å². The third-order valence-electron chi connectivity index (χ3n) is 4.07. The molecule has 3 unspecified atom stereocenters. The van der Waals surface area contributed by atoms with Crippen LogP contribution in [0.1, 0.15) is 25.7 Å². The van der Waals surface area contributed by atoms with Crippen LogP contribution >= 0.6 is 0 Å². The molecule has 3 rings (SSSR count). The number of rotatable bonds is 1. The summed E-state index contributed by atoms with van der Waals surface area (Å²) < 4.78 is 13.6. The van der Waals surface area contributed by atoms with Crippen molar-refractivity contribution in [2.24, 2.45) is 5.92 Å². The molecule has 0 aromatic rings. The van der Waals surface area contributed by atoms with Gasteiger partial charge in [0.2, 0.25) is 0 Å². The molecule has 3 heteroatoms. The maximum Gasteiger partial charge on any atom is 0.177 e. The zero-order valence-corrected chi connectivity index (χ0v) is 8.19. The minimum atomic E-state index is -0.775. The van der Waals surface area contributed by atoms with Gasteiger partial charge in [-0.25, -0.2) is 4.39 Å². The summed E-state index contributed by atoms with van der Waals surface area (Å²) in [6.07, 6.45) is 6.89. The Labute approximate surface area is 83.4 Å². The van der Waals surface area contributed by atoms with Crippen LogP contribution in [0.15, 0.2) is 12.2 Å². The van der Waals surface area contributed by atoms with E-state index in [1.54, 1.807) is 0 Å². The first-order valence-corrected chi connectivity index (χ1v) is 5.52. The van der Waals surface area contributed by atoms with Gasteiger partial charge < -0.3 is 5.11 Å². The molecule has 1 aliphatic carbocycles. The van der Waals surface area contributed by atoms with E-state index in [1.807, 2.05) is 11.0 Å². The van der Waals surface area contributed by atoms with E-state index < -0.39 is 6.30 Å². The van der Waals surface area contributed by atoms with Crippen molar-refractivity contribution in [2.75, 3.05) is 6.54 Å². The van der Waals surface area contributed by atoms with Crippen molar-refractivity contribution >= 4 is 0 Å². The second-order valence-electron chi connectivity index (χ2n) is 4.80. The highest BCUT2D eigenvalue weighted by Crippen LogP contribution is 2.55. The summed E-state index contributed by atoms with van der Waals surface area (Å²) in [5.41, 5.74) is -0.304. The summed E-state index contributed by atoms with van der Waals surface area (Å²) in [5, 5.41) is 9.59. The van der Waals surface area contributed by atoms with Crippen molar-refractivity contribution in [1.29, 1.82) is 0 Å². The Bertz CT molecular complexity index is 280. The van der Waals surface area contributed by atoms with Gasteiger partial charge in [-0.05, 0) is 25.2 Å². The number of hydrogen-bond acceptors (Lipinski definition) is 2. The fourth-order valence-corrected chi connectivity index (χ4v) is 3.27. The lowest BCUT2D eigenvalue weighted by molar-refractivity contribution is 0.0870. The monoisotopic (exact) mass is 197 g/mol. The zero-order valence-electron chi connectivity index (χ0n) is 8.19. The van der Waals surface area contributed by atoms with Crippen molar-refractivity contribution in [3.63, 3.8) is 0 Å². The van der Waals surface area contributed by atoms with Crippen molar-refractivity contribution in [3.05, 3.63) is 12.2 Å². The number of hydrogen-bond donors (Lipinski definition) is 1. The predicted molar refractivity (Wildman–Crippen MR) is 51.4 cm³/mol. The topological polar surface area (TPSA) is 23.2 Å². The lowest BCUT2D eigenvalue weighted by atomic mass is 9.78.